The Kier molecular flexibility index (Phi) is 5.08. The van der Waals surface area contributed by atoms with E-state index >= 15 is 0 Å². The normalized spacial score (nSPS) is 21.6. The van der Waals surface area contributed by atoms with E-state index in [4.69, 9.17) is 9.47 Å². The number of pyridine rings is 1. The van der Waals surface area contributed by atoms with Crippen LogP contribution in [0.3, 0.4) is 0 Å². The third kappa shape index (κ3) is 3.68. The Bertz CT molecular complexity index is 891. The maximum absolute atomic E-state index is 13.5. The lowest BCUT2D eigenvalue weighted by Gasteiger charge is -2.32. The van der Waals surface area contributed by atoms with Gasteiger partial charge in [0.15, 0.2) is 0 Å². The summed E-state index contributed by atoms with van der Waals surface area (Å²) in [5, 5.41) is 3.43. The first kappa shape index (κ1) is 18.4. The zero-order valence-electron chi connectivity index (χ0n) is 16.5. The van der Waals surface area contributed by atoms with Crippen LogP contribution < -0.4 is 15.1 Å². The minimum Gasteiger partial charge on any atom is -0.378 e. The quantitative estimate of drug-likeness (QED) is 0.844. The van der Waals surface area contributed by atoms with Crippen molar-refractivity contribution in [2.45, 2.75) is 31.9 Å². The smallest absolute Gasteiger partial charge is 0.256 e. The van der Waals surface area contributed by atoms with Gasteiger partial charge in [-0.3, -0.25) is 4.79 Å². The molecule has 1 aromatic carbocycles. The molecule has 152 valence electrons. The van der Waals surface area contributed by atoms with Crippen molar-refractivity contribution in [2.75, 3.05) is 48.0 Å². The Morgan fingerprint density at radius 3 is 2.86 bits per heavy atom. The third-order valence-electron chi connectivity index (χ3n) is 5.84. The van der Waals surface area contributed by atoms with E-state index < -0.39 is 0 Å². The topological polar surface area (TPSA) is 66.9 Å². The second-order valence-electron chi connectivity index (χ2n) is 7.72. The largest absolute Gasteiger partial charge is 0.378 e. The fourth-order valence-corrected chi connectivity index (χ4v) is 4.24. The fourth-order valence-electron chi connectivity index (χ4n) is 4.24. The molecule has 0 unspecified atom stereocenters. The highest BCUT2D eigenvalue weighted by Crippen LogP contribution is 2.38. The number of carbonyl (C=O) groups is 1. The van der Waals surface area contributed by atoms with Gasteiger partial charge in [-0.15, -0.1) is 0 Å². The molecule has 1 aromatic heterocycles. The number of fused-ring (bicyclic) bond motifs is 2. The second-order valence-corrected chi connectivity index (χ2v) is 7.72. The molecule has 3 aliphatic heterocycles. The molecule has 3 aliphatic rings. The summed E-state index contributed by atoms with van der Waals surface area (Å²) in [6, 6.07) is 10.2. The average molecular weight is 394 g/mol. The zero-order valence-corrected chi connectivity index (χ0v) is 16.5. The Hall–Kier alpha value is -2.64. The zero-order chi connectivity index (χ0) is 19.6. The summed E-state index contributed by atoms with van der Waals surface area (Å²) in [7, 11) is 0. The molecule has 1 atom stereocenters. The lowest BCUT2D eigenvalue weighted by atomic mass is 10.1. The molecule has 0 bridgehead atoms. The molecule has 1 amide bonds. The molecular formula is C22H26N4O3. The van der Waals surface area contributed by atoms with Crippen LogP contribution in [0.15, 0.2) is 36.5 Å². The molecule has 4 heterocycles. The van der Waals surface area contributed by atoms with Gasteiger partial charge in [-0.05, 0) is 43.5 Å². The summed E-state index contributed by atoms with van der Waals surface area (Å²) in [6.07, 6.45) is 4.23. The SMILES string of the molecule is O=C([C@H]1CCCCO1)N1Cc2cccnc2Nc2ccc(N3CCOCC3)cc21. The molecule has 7 heteroatoms. The van der Waals surface area contributed by atoms with Gasteiger partial charge in [0, 0.05) is 37.1 Å². The van der Waals surface area contributed by atoms with Crippen LogP contribution in [0.5, 0.6) is 0 Å². The van der Waals surface area contributed by atoms with Crippen LogP contribution in [-0.4, -0.2) is 49.9 Å². The van der Waals surface area contributed by atoms with Crippen LogP contribution in [0.4, 0.5) is 22.9 Å². The van der Waals surface area contributed by atoms with Gasteiger partial charge in [0.2, 0.25) is 0 Å². The van der Waals surface area contributed by atoms with Crippen molar-refractivity contribution >= 4 is 28.8 Å². The van der Waals surface area contributed by atoms with E-state index in [1.807, 2.05) is 23.1 Å². The number of carbonyl (C=O) groups excluding carboxylic acids is 1. The van der Waals surface area contributed by atoms with E-state index in [-0.39, 0.29) is 12.0 Å². The van der Waals surface area contributed by atoms with Crippen molar-refractivity contribution in [1.82, 2.24) is 4.98 Å². The van der Waals surface area contributed by atoms with Crippen molar-refractivity contribution < 1.29 is 14.3 Å². The second kappa shape index (κ2) is 8.00. The summed E-state index contributed by atoms with van der Waals surface area (Å²) >= 11 is 0. The maximum Gasteiger partial charge on any atom is 0.256 e. The molecule has 1 N–H and O–H groups in total. The number of benzene rings is 1. The molecular weight excluding hydrogens is 368 g/mol. The Labute approximate surface area is 170 Å². The predicted octanol–water partition coefficient (Wildman–Crippen LogP) is 3.08. The first-order valence-corrected chi connectivity index (χ1v) is 10.4. The molecule has 2 saturated heterocycles. The number of nitrogens with zero attached hydrogens (tertiary/aromatic N) is 3. The van der Waals surface area contributed by atoms with Crippen LogP contribution in [-0.2, 0) is 20.8 Å². The number of hydrogen-bond acceptors (Lipinski definition) is 6. The van der Waals surface area contributed by atoms with E-state index in [9.17, 15) is 4.79 Å². The van der Waals surface area contributed by atoms with E-state index in [2.05, 4.69) is 27.3 Å². The number of nitrogens with one attached hydrogen (secondary N) is 1. The van der Waals surface area contributed by atoms with Gasteiger partial charge < -0.3 is 24.6 Å². The van der Waals surface area contributed by atoms with Gasteiger partial charge in [0.05, 0.1) is 31.1 Å². The highest BCUT2D eigenvalue weighted by molar-refractivity contribution is 6.01. The molecule has 2 aromatic rings. The number of morpholine rings is 1. The lowest BCUT2D eigenvalue weighted by Crippen LogP contribution is -2.42. The first-order chi connectivity index (χ1) is 14.3. The van der Waals surface area contributed by atoms with Crippen molar-refractivity contribution in [3.63, 3.8) is 0 Å². The summed E-state index contributed by atoms with van der Waals surface area (Å²) in [5.41, 5.74) is 3.88. The highest BCUT2D eigenvalue weighted by Gasteiger charge is 2.32. The minimum absolute atomic E-state index is 0.0311. The van der Waals surface area contributed by atoms with Crippen LogP contribution >= 0.6 is 0 Å². The number of ether oxygens (including phenoxy) is 2. The van der Waals surface area contributed by atoms with Crippen LogP contribution in [0.2, 0.25) is 0 Å². The highest BCUT2D eigenvalue weighted by atomic mass is 16.5. The molecule has 7 nitrogen and oxygen atoms in total. The van der Waals surface area contributed by atoms with Gasteiger partial charge in [-0.25, -0.2) is 4.98 Å². The monoisotopic (exact) mass is 394 g/mol. The number of anilines is 4. The predicted molar refractivity (Wildman–Crippen MR) is 112 cm³/mol. The van der Waals surface area contributed by atoms with E-state index in [0.717, 1.165) is 74.0 Å². The minimum atomic E-state index is -0.373. The van der Waals surface area contributed by atoms with Crippen molar-refractivity contribution in [3.05, 3.63) is 42.1 Å². The summed E-state index contributed by atoms with van der Waals surface area (Å²) < 4.78 is 11.3. The van der Waals surface area contributed by atoms with Crippen LogP contribution in [0, 0.1) is 0 Å². The molecule has 2 fully saturated rings. The fraction of sp³-hybridized carbons (Fsp3) is 0.455. The van der Waals surface area contributed by atoms with Crippen LogP contribution in [0.1, 0.15) is 24.8 Å². The van der Waals surface area contributed by atoms with Crippen LogP contribution in [0.25, 0.3) is 0 Å². The van der Waals surface area contributed by atoms with Gasteiger partial charge in [0.1, 0.15) is 11.9 Å². The number of amides is 1. The molecule has 0 spiro atoms. The van der Waals surface area contributed by atoms with E-state index in [0.29, 0.717) is 13.2 Å². The number of aromatic nitrogens is 1. The summed E-state index contributed by atoms with van der Waals surface area (Å²) in [6.45, 7) is 4.30. The molecule has 5 rings (SSSR count). The summed E-state index contributed by atoms with van der Waals surface area (Å²) in [5.74, 6) is 0.830. The standard InChI is InChI=1S/C22H26N4O3/c27-22(20-5-1-2-11-29-20)26-15-16-4-3-8-23-21(16)24-18-7-6-17(14-19(18)26)25-9-12-28-13-10-25/h3-4,6-8,14,20H,1-2,5,9-13,15H2,(H,23,24)/t20-/m1/s1. The van der Waals surface area contributed by atoms with Gasteiger partial charge in [-0.2, -0.15) is 0 Å². The van der Waals surface area contributed by atoms with Gasteiger partial charge in [0.25, 0.3) is 5.91 Å². The van der Waals surface area contributed by atoms with Crippen molar-refractivity contribution in [2.24, 2.45) is 0 Å². The Balaban J connectivity index is 1.54. The van der Waals surface area contributed by atoms with Gasteiger partial charge >= 0.3 is 0 Å². The third-order valence-corrected chi connectivity index (χ3v) is 5.84. The summed E-state index contributed by atoms with van der Waals surface area (Å²) in [4.78, 5) is 22.2. The molecule has 0 aliphatic carbocycles. The first-order valence-electron chi connectivity index (χ1n) is 10.4. The van der Waals surface area contributed by atoms with Crippen molar-refractivity contribution in [1.29, 1.82) is 0 Å². The molecule has 0 radical (unpaired) electrons. The van der Waals surface area contributed by atoms with Gasteiger partial charge in [-0.1, -0.05) is 6.07 Å². The number of rotatable bonds is 2. The average Bonchev–Trinajstić information content (AvgIpc) is 2.96. The Morgan fingerprint density at radius 2 is 2.03 bits per heavy atom. The van der Waals surface area contributed by atoms with E-state index in [1.165, 1.54) is 0 Å². The Morgan fingerprint density at radius 1 is 1.14 bits per heavy atom. The molecule has 0 saturated carbocycles. The maximum atomic E-state index is 13.5. The lowest BCUT2D eigenvalue weighted by molar-refractivity contribution is -0.132. The molecule has 29 heavy (non-hydrogen) atoms. The van der Waals surface area contributed by atoms with Crippen molar-refractivity contribution in [3.8, 4) is 0 Å². The number of hydrogen-bond donors (Lipinski definition) is 1. The van der Waals surface area contributed by atoms with E-state index in [1.54, 1.807) is 6.20 Å².